The molecule has 0 aliphatic rings. The van der Waals surface area contributed by atoms with Crippen LogP contribution in [0.25, 0.3) is 64.0 Å². The van der Waals surface area contributed by atoms with Gasteiger partial charge in [0.05, 0.1) is 22.4 Å². The maximum absolute atomic E-state index is 6.37. The second kappa shape index (κ2) is 9.59. The van der Waals surface area contributed by atoms with Crippen LogP contribution in [0.3, 0.4) is 0 Å². The topological polar surface area (TPSA) is 16.4 Å². The summed E-state index contributed by atoms with van der Waals surface area (Å²) >= 11 is 1.86. The van der Waals surface area contributed by atoms with Gasteiger partial charge in [-0.3, -0.25) is 0 Å². The van der Waals surface area contributed by atoms with Gasteiger partial charge in [-0.2, -0.15) is 0 Å². The summed E-state index contributed by atoms with van der Waals surface area (Å²) in [5, 5.41) is 7.26. The molecule has 43 heavy (non-hydrogen) atoms. The quantitative estimate of drug-likeness (QED) is 0.210. The molecule has 0 fully saturated rings. The summed E-state index contributed by atoms with van der Waals surface area (Å²) in [6.45, 7) is 0. The fraction of sp³-hybridized carbons (Fsp3) is 0. The Bertz CT molecular complexity index is 2480. The first kappa shape index (κ1) is 24.2. The summed E-state index contributed by atoms with van der Waals surface area (Å²) in [7, 11) is 0. The zero-order chi connectivity index (χ0) is 28.3. The molecule has 202 valence electrons. The van der Waals surface area contributed by atoms with Crippen molar-refractivity contribution in [1.29, 1.82) is 0 Å². The molecule has 0 unspecified atom stereocenters. The summed E-state index contributed by atoms with van der Waals surface area (Å²) < 4.78 is 8.99. The first-order valence-electron chi connectivity index (χ1n) is 14.5. The first-order valence-corrected chi connectivity index (χ1v) is 15.3. The fourth-order valence-electron chi connectivity index (χ4n) is 6.54. The van der Waals surface area contributed by atoms with Gasteiger partial charge in [0.15, 0.2) is 0 Å². The van der Waals surface area contributed by atoms with Crippen molar-refractivity contribution in [2.24, 2.45) is 0 Å². The molecule has 0 amide bonds. The number of thiophene rings is 1. The minimum absolute atomic E-state index is 0.883. The van der Waals surface area contributed by atoms with Crippen LogP contribution in [0.4, 0.5) is 17.1 Å². The van der Waals surface area contributed by atoms with Crippen molar-refractivity contribution in [3.05, 3.63) is 152 Å². The van der Waals surface area contributed by atoms with E-state index >= 15 is 0 Å². The molecule has 0 saturated carbocycles. The third-order valence-electron chi connectivity index (χ3n) is 8.46. The van der Waals surface area contributed by atoms with E-state index in [1.807, 2.05) is 17.4 Å². The largest absolute Gasteiger partial charge is 0.456 e. The lowest BCUT2D eigenvalue weighted by molar-refractivity contribution is 0.669. The van der Waals surface area contributed by atoms with Crippen molar-refractivity contribution in [1.82, 2.24) is 0 Å². The Kier molecular flexibility index (Phi) is 5.40. The van der Waals surface area contributed by atoms with Crippen molar-refractivity contribution >= 4 is 81.3 Å². The number of rotatable bonds is 4. The van der Waals surface area contributed by atoms with Crippen molar-refractivity contribution in [3.8, 4) is 11.1 Å². The van der Waals surface area contributed by atoms with Crippen molar-refractivity contribution < 1.29 is 4.42 Å². The highest BCUT2D eigenvalue weighted by Crippen LogP contribution is 2.48. The van der Waals surface area contributed by atoms with Gasteiger partial charge in [0, 0.05) is 36.5 Å². The molecule has 9 aromatic rings. The number of fused-ring (bicyclic) bond motifs is 7. The molecular formula is C40H25NOS. The highest BCUT2D eigenvalue weighted by molar-refractivity contribution is 7.25. The Morgan fingerprint density at radius 3 is 2.05 bits per heavy atom. The zero-order valence-corrected chi connectivity index (χ0v) is 24.0. The maximum Gasteiger partial charge on any atom is 0.137 e. The minimum Gasteiger partial charge on any atom is -0.456 e. The number of furan rings is 1. The molecule has 0 N–H and O–H groups in total. The van der Waals surface area contributed by atoms with Crippen molar-refractivity contribution in [3.63, 3.8) is 0 Å². The molecule has 2 nitrogen and oxygen atoms in total. The Hall–Kier alpha value is -5.38. The third kappa shape index (κ3) is 3.79. The molecule has 0 aliphatic carbocycles. The number of anilines is 3. The lowest BCUT2D eigenvalue weighted by Crippen LogP contribution is -2.12. The average Bonchev–Trinajstić information content (AvgIpc) is 3.64. The molecule has 0 bridgehead atoms. The van der Waals surface area contributed by atoms with Crippen LogP contribution in [0.1, 0.15) is 0 Å². The highest BCUT2D eigenvalue weighted by atomic mass is 32.1. The summed E-state index contributed by atoms with van der Waals surface area (Å²) in [4.78, 5) is 2.43. The van der Waals surface area contributed by atoms with Crippen LogP contribution in [0, 0.1) is 0 Å². The average molecular weight is 568 g/mol. The van der Waals surface area contributed by atoms with E-state index in [0.717, 1.165) is 39.0 Å². The Morgan fingerprint density at radius 1 is 0.442 bits per heavy atom. The molecule has 3 heteroatoms. The lowest BCUT2D eigenvalue weighted by Gasteiger charge is -2.29. The Labute approximate surface area is 252 Å². The van der Waals surface area contributed by atoms with Gasteiger partial charge in [-0.25, -0.2) is 0 Å². The van der Waals surface area contributed by atoms with Crippen LogP contribution in [0.15, 0.2) is 156 Å². The summed E-state index contributed by atoms with van der Waals surface area (Å²) in [6.07, 6.45) is 0. The number of hydrogen-bond donors (Lipinski definition) is 0. The lowest BCUT2D eigenvalue weighted by atomic mass is 9.98. The van der Waals surface area contributed by atoms with Crippen LogP contribution < -0.4 is 4.90 Å². The van der Waals surface area contributed by atoms with E-state index in [0.29, 0.717) is 0 Å². The predicted octanol–water partition coefficient (Wildman–Crippen LogP) is 12.2. The monoisotopic (exact) mass is 567 g/mol. The summed E-state index contributed by atoms with van der Waals surface area (Å²) in [5.41, 5.74) is 7.50. The van der Waals surface area contributed by atoms with Gasteiger partial charge in [-0.05, 0) is 53.4 Å². The second-order valence-corrected chi connectivity index (χ2v) is 12.0. The molecule has 2 aromatic heterocycles. The molecule has 0 spiro atoms. The van der Waals surface area contributed by atoms with Gasteiger partial charge in [0.2, 0.25) is 0 Å². The van der Waals surface area contributed by atoms with Gasteiger partial charge in [0.25, 0.3) is 0 Å². The van der Waals surface area contributed by atoms with Crippen LogP contribution in [0.2, 0.25) is 0 Å². The molecule has 0 aliphatic heterocycles. The van der Waals surface area contributed by atoms with Gasteiger partial charge >= 0.3 is 0 Å². The predicted molar refractivity (Wildman–Crippen MR) is 184 cm³/mol. The number of para-hydroxylation sites is 2. The minimum atomic E-state index is 0.883. The van der Waals surface area contributed by atoms with Gasteiger partial charge < -0.3 is 9.32 Å². The number of hydrogen-bond acceptors (Lipinski definition) is 3. The molecule has 0 atom stereocenters. The van der Waals surface area contributed by atoms with Crippen molar-refractivity contribution in [2.75, 3.05) is 4.90 Å². The zero-order valence-electron chi connectivity index (χ0n) is 23.2. The van der Waals surface area contributed by atoms with Crippen LogP contribution in [-0.2, 0) is 0 Å². The van der Waals surface area contributed by atoms with E-state index < -0.39 is 0 Å². The maximum atomic E-state index is 6.37. The fourth-order valence-corrected chi connectivity index (χ4v) is 7.69. The third-order valence-corrected chi connectivity index (χ3v) is 9.60. The molecule has 7 aromatic carbocycles. The number of nitrogens with zero attached hydrogens (tertiary/aromatic N) is 1. The number of benzene rings is 7. The smallest absolute Gasteiger partial charge is 0.137 e. The van der Waals surface area contributed by atoms with Gasteiger partial charge in [-0.1, -0.05) is 109 Å². The van der Waals surface area contributed by atoms with Crippen LogP contribution in [0.5, 0.6) is 0 Å². The highest BCUT2D eigenvalue weighted by Gasteiger charge is 2.23. The first-order chi connectivity index (χ1) is 21.3. The van der Waals surface area contributed by atoms with E-state index in [4.69, 9.17) is 4.42 Å². The van der Waals surface area contributed by atoms with E-state index in [1.165, 1.54) is 42.1 Å². The van der Waals surface area contributed by atoms with Crippen molar-refractivity contribution in [2.45, 2.75) is 0 Å². The van der Waals surface area contributed by atoms with Gasteiger partial charge in [-0.15, -0.1) is 11.3 Å². The van der Waals surface area contributed by atoms with E-state index in [1.54, 1.807) is 0 Å². The summed E-state index contributed by atoms with van der Waals surface area (Å²) in [5.74, 6) is 0. The SMILES string of the molecule is c1ccc(N(c2cccc3ccccc23)c2cccc3oc4ccccc4c23)c(-c2ccc3c(c2)sc2ccccc23)c1. The van der Waals surface area contributed by atoms with E-state index in [-0.39, 0.29) is 0 Å². The standard InChI is InChI=1S/C40H25NOS/c1-2-13-28-26(11-1)12-9-18-34(28)41(35-19-10-21-37-40(35)32-16-4-7-20-36(32)42-37)33-17-6-3-14-29(33)27-23-24-31-30-15-5-8-22-38(30)43-39(31)25-27/h1-25H. The van der Waals surface area contributed by atoms with Crippen LogP contribution in [-0.4, -0.2) is 0 Å². The van der Waals surface area contributed by atoms with E-state index in [2.05, 4.69) is 150 Å². The molecular weight excluding hydrogens is 543 g/mol. The normalized spacial score (nSPS) is 11.7. The molecule has 0 radical (unpaired) electrons. The summed E-state index contributed by atoms with van der Waals surface area (Å²) in [6, 6.07) is 54.3. The van der Waals surface area contributed by atoms with Crippen LogP contribution >= 0.6 is 11.3 Å². The second-order valence-electron chi connectivity index (χ2n) is 10.9. The Balaban J connectivity index is 1.35. The van der Waals surface area contributed by atoms with Gasteiger partial charge in [0.1, 0.15) is 11.2 Å². The molecule has 2 heterocycles. The molecule has 9 rings (SSSR count). The Morgan fingerprint density at radius 2 is 1.09 bits per heavy atom. The van der Waals surface area contributed by atoms with E-state index in [9.17, 15) is 0 Å². The molecule has 0 saturated heterocycles.